The number of nitrogens with one attached hydrogen (secondary N) is 1. The Kier molecular flexibility index (Phi) is 4.51. The number of nitrogens with zero attached hydrogens (tertiary/aromatic N) is 1. The zero-order valence-corrected chi connectivity index (χ0v) is 13.8. The van der Waals surface area contributed by atoms with Crippen molar-refractivity contribution in [3.63, 3.8) is 0 Å². The number of hydrogen-bond acceptors (Lipinski definition) is 3. The highest BCUT2D eigenvalue weighted by atomic mass is 16.5. The molecule has 2 aromatic carbocycles. The van der Waals surface area contributed by atoms with E-state index in [1.165, 1.54) is 4.90 Å². The van der Waals surface area contributed by atoms with Gasteiger partial charge in [0.1, 0.15) is 5.75 Å². The molecule has 0 bridgehead atoms. The first-order valence-electron chi connectivity index (χ1n) is 7.87. The van der Waals surface area contributed by atoms with Crippen molar-refractivity contribution in [3.8, 4) is 5.75 Å². The monoisotopic (exact) mass is 324 g/mol. The molecule has 0 unspecified atom stereocenters. The number of hydrogen-bond donors (Lipinski definition) is 1. The minimum absolute atomic E-state index is 0.0392. The molecule has 24 heavy (non-hydrogen) atoms. The fourth-order valence-corrected chi connectivity index (χ4v) is 2.65. The van der Waals surface area contributed by atoms with E-state index in [0.717, 1.165) is 16.9 Å². The second kappa shape index (κ2) is 6.74. The molecule has 0 spiro atoms. The Labute approximate surface area is 141 Å². The number of para-hydroxylation sites is 1. The standard InChI is InChI=1S/C19H20N2O3/c1-21(2)19(23)14-9-7-13(8-10-14)12-20-18(22)17-11-15-5-3-4-6-16(15)24-17/h3-10,17H,11-12H2,1-2H3,(H,20,22)/t17-/m0/s1. The fourth-order valence-electron chi connectivity index (χ4n) is 2.65. The number of carbonyl (C=O) groups excluding carboxylic acids is 2. The summed E-state index contributed by atoms with van der Waals surface area (Å²) in [7, 11) is 3.44. The summed E-state index contributed by atoms with van der Waals surface area (Å²) in [6, 6.07) is 14.9. The predicted octanol–water partition coefficient (Wildman–Crippen LogP) is 2.01. The average molecular weight is 324 g/mol. The molecule has 1 atom stereocenters. The van der Waals surface area contributed by atoms with E-state index >= 15 is 0 Å². The van der Waals surface area contributed by atoms with E-state index < -0.39 is 6.10 Å². The second-order valence-electron chi connectivity index (χ2n) is 6.03. The van der Waals surface area contributed by atoms with Crippen LogP contribution in [0, 0.1) is 0 Å². The summed E-state index contributed by atoms with van der Waals surface area (Å²) in [6.07, 6.45) is 0.121. The van der Waals surface area contributed by atoms with E-state index in [1.807, 2.05) is 36.4 Å². The maximum absolute atomic E-state index is 12.3. The van der Waals surface area contributed by atoms with Gasteiger partial charge >= 0.3 is 0 Å². The topological polar surface area (TPSA) is 58.6 Å². The van der Waals surface area contributed by atoms with Gasteiger partial charge in [0.25, 0.3) is 11.8 Å². The molecular weight excluding hydrogens is 304 g/mol. The van der Waals surface area contributed by atoms with Crippen LogP contribution in [0.15, 0.2) is 48.5 Å². The molecule has 124 valence electrons. The van der Waals surface area contributed by atoms with E-state index in [4.69, 9.17) is 4.74 Å². The van der Waals surface area contributed by atoms with Crippen LogP contribution in [0.25, 0.3) is 0 Å². The molecule has 5 heteroatoms. The minimum atomic E-state index is -0.475. The van der Waals surface area contributed by atoms with Gasteiger partial charge in [-0.15, -0.1) is 0 Å². The lowest BCUT2D eigenvalue weighted by atomic mass is 10.1. The molecule has 0 saturated carbocycles. The van der Waals surface area contributed by atoms with Gasteiger partial charge in [0.05, 0.1) is 0 Å². The molecule has 1 heterocycles. The number of benzene rings is 2. The highest BCUT2D eigenvalue weighted by Crippen LogP contribution is 2.28. The van der Waals surface area contributed by atoms with Crippen molar-refractivity contribution in [1.82, 2.24) is 10.2 Å². The molecule has 5 nitrogen and oxygen atoms in total. The first-order valence-corrected chi connectivity index (χ1v) is 7.87. The number of rotatable bonds is 4. The van der Waals surface area contributed by atoms with Gasteiger partial charge in [-0.05, 0) is 29.3 Å². The predicted molar refractivity (Wildman–Crippen MR) is 90.9 cm³/mol. The molecule has 3 rings (SSSR count). The van der Waals surface area contributed by atoms with Crippen molar-refractivity contribution in [2.45, 2.75) is 19.1 Å². The SMILES string of the molecule is CN(C)C(=O)c1ccc(CNC(=O)[C@@H]2Cc3ccccc3O2)cc1. The summed E-state index contributed by atoms with van der Waals surface area (Å²) < 4.78 is 5.67. The van der Waals surface area contributed by atoms with Crippen molar-refractivity contribution in [2.24, 2.45) is 0 Å². The molecular formula is C19H20N2O3. The molecule has 0 radical (unpaired) electrons. The Morgan fingerprint density at radius 3 is 2.50 bits per heavy atom. The van der Waals surface area contributed by atoms with Crippen molar-refractivity contribution < 1.29 is 14.3 Å². The summed E-state index contributed by atoms with van der Waals surface area (Å²) in [4.78, 5) is 25.6. The molecule has 2 aromatic rings. The number of fused-ring (bicyclic) bond motifs is 1. The van der Waals surface area contributed by atoms with Crippen LogP contribution in [0.5, 0.6) is 5.75 Å². The highest BCUT2D eigenvalue weighted by molar-refractivity contribution is 5.93. The lowest BCUT2D eigenvalue weighted by Crippen LogP contribution is -2.37. The van der Waals surface area contributed by atoms with Gasteiger partial charge in [-0.2, -0.15) is 0 Å². The Morgan fingerprint density at radius 1 is 1.12 bits per heavy atom. The summed E-state index contributed by atoms with van der Waals surface area (Å²) in [5, 5.41) is 2.89. The lowest BCUT2D eigenvalue weighted by molar-refractivity contribution is -0.127. The first kappa shape index (κ1) is 16.1. The van der Waals surface area contributed by atoms with Crippen LogP contribution in [0.4, 0.5) is 0 Å². The van der Waals surface area contributed by atoms with Crippen molar-refractivity contribution in [3.05, 3.63) is 65.2 Å². The Morgan fingerprint density at radius 2 is 1.83 bits per heavy atom. The molecule has 1 N–H and O–H groups in total. The summed E-state index contributed by atoms with van der Waals surface area (Å²) in [5.41, 5.74) is 2.63. The van der Waals surface area contributed by atoms with Gasteiger partial charge < -0.3 is 15.0 Å². The number of ether oxygens (including phenoxy) is 1. The normalized spacial score (nSPS) is 15.3. The Hall–Kier alpha value is -2.82. The molecule has 0 fully saturated rings. The maximum Gasteiger partial charge on any atom is 0.261 e. The molecule has 1 aliphatic rings. The van der Waals surface area contributed by atoms with Crippen LogP contribution in [0.2, 0.25) is 0 Å². The number of amides is 2. The van der Waals surface area contributed by atoms with E-state index in [1.54, 1.807) is 26.2 Å². The smallest absolute Gasteiger partial charge is 0.261 e. The van der Waals surface area contributed by atoms with Crippen molar-refractivity contribution >= 4 is 11.8 Å². The van der Waals surface area contributed by atoms with Gasteiger partial charge in [0.15, 0.2) is 6.10 Å². The third-order valence-corrected chi connectivity index (χ3v) is 4.01. The van der Waals surface area contributed by atoms with Crippen LogP contribution < -0.4 is 10.1 Å². The molecule has 1 aliphatic heterocycles. The largest absolute Gasteiger partial charge is 0.480 e. The van der Waals surface area contributed by atoms with E-state index in [9.17, 15) is 9.59 Å². The van der Waals surface area contributed by atoms with Gasteiger partial charge in [-0.25, -0.2) is 0 Å². The summed E-state index contributed by atoms with van der Waals surface area (Å²) in [6.45, 7) is 0.408. The van der Waals surface area contributed by atoms with Gasteiger partial charge in [-0.3, -0.25) is 9.59 Å². The van der Waals surface area contributed by atoms with E-state index in [2.05, 4.69) is 5.32 Å². The van der Waals surface area contributed by atoms with Crippen molar-refractivity contribution in [1.29, 1.82) is 0 Å². The van der Waals surface area contributed by atoms with Crippen LogP contribution >= 0.6 is 0 Å². The van der Waals surface area contributed by atoms with Crippen LogP contribution in [0.1, 0.15) is 21.5 Å². The quantitative estimate of drug-likeness (QED) is 0.936. The van der Waals surface area contributed by atoms with Crippen LogP contribution in [-0.2, 0) is 17.8 Å². The van der Waals surface area contributed by atoms with Gasteiger partial charge in [0.2, 0.25) is 0 Å². The van der Waals surface area contributed by atoms with Crippen LogP contribution in [0.3, 0.4) is 0 Å². The Bertz CT molecular complexity index is 728. The maximum atomic E-state index is 12.3. The van der Waals surface area contributed by atoms with Crippen molar-refractivity contribution in [2.75, 3.05) is 14.1 Å². The van der Waals surface area contributed by atoms with Gasteiger partial charge in [0, 0.05) is 32.6 Å². The zero-order valence-electron chi connectivity index (χ0n) is 13.8. The third kappa shape index (κ3) is 3.40. The minimum Gasteiger partial charge on any atom is -0.480 e. The highest BCUT2D eigenvalue weighted by Gasteiger charge is 2.28. The van der Waals surface area contributed by atoms with Gasteiger partial charge in [-0.1, -0.05) is 30.3 Å². The molecule has 2 amide bonds. The zero-order chi connectivity index (χ0) is 17.1. The second-order valence-corrected chi connectivity index (χ2v) is 6.03. The lowest BCUT2D eigenvalue weighted by Gasteiger charge is -2.12. The van der Waals surface area contributed by atoms with E-state index in [0.29, 0.717) is 18.5 Å². The van der Waals surface area contributed by atoms with Crippen LogP contribution in [-0.4, -0.2) is 36.9 Å². The molecule has 0 aliphatic carbocycles. The Balaban J connectivity index is 1.55. The fraction of sp³-hybridized carbons (Fsp3) is 0.263. The average Bonchev–Trinajstić information content (AvgIpc) is 3.03. The summed E-state index contributed by atoms with van der Waals surface area (Å²) in [5.74, 6) is 0.617. The summed E-state index contributed by atoms with van der Waals surface area (Å²) >= 11 is 0. The first-order chi connectivity index (χ1) is 11.5. The number of carbonyl (C=O) groups is 2. The third-order valence-electron chi connectivity index (χ3n) is 4.01. The van der Waals surface area contributed by atoms with E-state index in [-0.39, 0.29) is 11.8 Å². The molecule has 0 aromatic heterocycles. The molecule has 0 saturated heterocycles.